The molecule has 0 bridgehead atoms. The Morgan fingerprint density at radius 3 is 2.65 bits per heavy atom. The second-order valence-electron chi connectivity index (χ2n) is 5.05. The van der Waals surface area contributed by atoms with Crippen molar-refractivity contribution in [2.75, 3.05) is 5.32 Å². The Morgan fingerprint density at radius 1 is 1.26 bits per heavy atom. The first-order valence-corrected chi connectivity index (χ1v) is 7.41. The lowest BCUT2D eigenvalue weighted by molar-refractivity contribution is 0.745. The Bertz CT molecular complexity index is 851. The minimum absolute atomic E-state index is 0.200. The van der Waals surface area contributed by atoms with Crippen LogP contribution in [0.15, 0.2) is 55.0 Å². The number of rotatable bonds is 4. The zero-order valence-electron chi connectivity index (χ0n) is 12.4. The summed E-state index contributed by atoms with van der Waals surface area (Å²) in [4.78, 5) is 8.68. The Kier molecular flexibility index (Phi) is 4.26. The predicted molar refractivity (Wildman–Crippen MR) is 89.1 cm³/mol. The fraction of sp³-hybridized carbons (Fsp3) is 0.118. The SMILES string of the molecule is Cn1ccnc1[C@H](Nc1ncc(C#N)cc1Cl)c1ccccc1. The van der Waals surface area contributed by atoms with Crippen molar-refractivity contribution >= 4 is 17.4 Å². The van der Waals surface area contributed by atoms with Crippen molar-refractivity contribution in [3.05, 3.63) is 77.0 Å². The topological polar surface area (TPSA) is 66.5 Å². The average Bonchev–Trinajstić information content (AvgIpc) is 3.00. The van der Waals surface area contributed by atoms with Crippen LogP contribution in [0.2, 0.25) is 5.02 Å². The Labute approximate surface area is 139 Å². The number of benzene rings is 1. The highest BCUT2D eigenvalue weighted by atomic mass is 35.5. The van der Waals surface area contributed by atoms with E-state index in [4.69, 9.17) is 16.9 Å². The summed E-state index contributed by atoms with van der Waals surface area (Å²) in [6.45, 7) is 0. The van der Waals surface area contributed by atoms with E-state index >= 15 is 0 Å². The van der Waals surface area contributed by atoms with Crippen LogP contribution in [-0.4, -0.2) is 14.5 Å². The molecule has 23 heavy (non-hydrogen) atoms. The maximum atomic E-state index is 8.92. The molecular formula is C17H14ClN5. The number of pyridine rings is 1. The number of hydrogen-bond donors (Lipinski definition) is 1. The number of aryl methyl sites for hydroxylation is 1. The third kappa shape index (κ3) is 3.17. The van der Waals surface area contributed by atoms with Crippen LogP contribution in [0.5, 0.6) is 0 Å². The van der Waals surface area contributed by atoms with Gasteiger partial charge in [0.25, 0.3) is 0 Å². The van der Waals surface area contributed by atoms with Crippen LogP contribution in [-0.2, 0) is 7.05 Å². The quantitative estimate of drug-likeness (QED) is 0.797. The van der Waals surface area contributed by atoms with Gasteiger partial charge in [0.2, 0.25) is 0 Å². The van der Waals surface area contributed by atoms with Crippen molar-refractivity contribution in [3.63, 3.8) is 0 Å². The number of hydrogen-bond acceptors (Lipinski definition) is 4. The molecule has 2 aromatic heterocycles. The zero-order chi connectivity index (χ0) is 16.2. The van der Waals surface area contributed by atoms with Crippen LogP contribution >= 0.6 is 11.6 Å². The van der Waals surface area contributed by atoms with Gasteiger partial charge in [-0.15, -0.1) is 0 Å². The van der Waals surface area contributed by atoms with Crippen molar-refractivity contribution in [1.29, 1.82) is 5.26 Å². The van der Waals surface area contributed by atoms with E-state index in [1.807, 2.05) is 54.2 Å². The van der Waals surface area contributed by atoms with Crippen LogP contribution in [0.3, 0.4) is 0 Å². The van der Waals surface area contributed by atoms with Crippen molar-refractivity contribution < 1.29 is 0 Å². The first-order chi connectivity index (χ1) is 11.2. The monoisotopic (exact) mass is 323 g/mol. The van der Waals surface area contributed by atoms with Gasteiger partial charge in [-0.1, -0.05) is 41.9 Å². The molecule has 114 valence electrons. The fourth-order valence-corrected chi connectivity index (χ4v) is 2.56. The van der Waals surface area contributed by atoms with E-state index in [2.05, 4.69) is 15.3 Å². The van der Waals surface area contributed by atoms with Crippen molar-refractivity contribution in [1.82, 2.24) is 14.5 Å². The number of nitrogens with one attached hydrogen (secondary N) is 1. The predicted octanol–water partition coefficient (Wildman–Crippen LogP) is 3.54. The summed E-state index contributed by atoms with van der Waals surface area (Å²) < 4.78 is 1.95. The van der Waals surface area contributed by atoms with Crippen LogP contribution < -0.4 is 5.32 Å². The number of nitrogens with zero attached hydrogens (tertiary/aromatic N) is 4. The first kappa shape index (κ1) is 15.1. The van der Waals surface area contributed by atoms with Gasteiger partial charge in [0.1, 0.15) is 23.8 Å². The van der Waals surface area contributed by atoms with Gasteiger partial charge in [-0.3, -0.25) is 0 Å². The van der Waals surface area contributed by atoms with E-state index in [9.17, 15) is 0 Å². The minimum Gasteiger partial charge on any atom is -0.355 e. The number of anilines is 1. The van der Waals surface area contributed by atoms with E-state index in [-0.39, 0.29) is 6.04 Å². The molecule has 0 saturated carbocycles. The second-order valence-corrected chi connectivity index (χ2v) is 5.46. The Hall–Kier alpha value is -2.84. The maximum absolute atomic E-state index is 8.92. The summed E-state index contributed by atoms with van der Waals surface area (Å²) in [7, 11) is 1.94. The molecule has 3 rings (SSSR count). The van der Waals surface area contributed by atoms with Gasteiger partial charge in [-0.05, 0) is 11.6 Å². The lowest BCUT2D eigenvalue weighted by Crippen LogP contribution is -2.17. The highest BCUT2D eigenvalue weighted by Crippen LogP contribution is 2.28. The number of imidazole rings is 1. The summed E-state index contributed by atoms with van der Waals surface area (Å²) in [5.41, 5.74) is 1.47. The molecule has 0 spiro atoms. The molecule has 5 nitrogen and oxygen atoms in total. The van der Waals surface area contributed by atoms with Gasteiger partial charge < -0.3 is 9.88 Å². The van der Waals surface area contributed by atoms with Crippen molar-refractivity contribution in [2.45, 2.75) is 6.04 Å². The normalized spacial score (nSPS) is 11.7. The van der Waals surface area contributed by atoms with Crippen LogP contribution in [0.1, 0.15) is 23.0 Å². The van der Waals surface area contributed by atoms with Gasteiger partial charge in [-0.2, -0.15) is 5.26 Å². The summed E-state index contributed by atoms with van der Waals surface area (Å²) in [5.74, 6) is 1.36. The average molecular weight is 324 g/mol. The van der Waals surface area contributed by atoms with Gasteiger partial charge in [0.15, 0.2) is 0 Å². The molecular weight excluding hydrogens is 310 g/mol. The summed E-state index contributed by atoms with van der Waals surface area (Å²) >= 11 is 6.24. The molecule has 0 aliphatic heterocycles. The molecule has 2 heterocycles. The van der Waals surface area contributed by atoms with Gasteiger partial charge in [-0.25, -0.2) is 9.97 Å². The molecule has 1 atom stereocenters. The minimum atomic E-state index is -0.200. The van der Waals surface area contributed by atoms with Crippen molar-refractivity contribution in [2.24, 2.45) is 7.05 Å². The molecule has 0 aliphatic carbocycles. The molecule has 0 aliphatic rings. The smallest absolute Gasteiger partial charge is 0.145 e. The van der Waals surface area contributed by atoms with E-state index in [0.29, 0.717) is 16.4 Å². The number of halogens is 1. The molecule has 0 fully saturated rings. The van der Waals surface area contributed by atoms with E-state index in [1.54, 1.807) is 12.3 Å². The van der Waals surface area contributed by atoms with E-state index < -0.39 is 0 Å². The fourth-order valence-electron chi connectivity index (χ4n) is 2.34. The third-order valence-electron chi connectivity index (χ3n) is 3.50. The summed E-state index contributed by atoms with van der Waals surface area (Å²) in [6, 6.07) is 13.4. The Balaban J connectivity index is 2.01. The zero-order valence-corrected chi connectivity index (χ0v) is 13.2. The van der Waals surface area contributed by atoms with E-state index in [1.165, 1.54) is 6.20 Å². The summed E-state index contributed by atoms with van der Waals surface area (Å²) in [5, 5.41) is 12.6. The number of aromatic nitrogens is 3. The highest BCUT2D eigenvalue weighted by Gasteiger charge is 2.19. The molecule has 0 unspecified atom stereocenters. The van der Waals surface area contributed by atoms with Crippen LogP contribution in [0.4, 0.5) is 5.82 Å². The molecule has 0 radical (unpaired) electrons. The summed E-state index contributed by atoms with van der Waals surface area (Å²) in [6.07, 6.45) is 5.14. The molecule has 3 aromatic rings. The van der Waals surface area contributed by atoms with Crippen LogP contribution in [0, 0.1) is 11.3 Å². The van der Waals surface area contributed by atoms with Crippen molar-refractivity contribution in [3.8, 4) is 6.07 Å². The molecule has 1 N–H and O–H groups in total. The highest BCUT2D eigenvalue weighted by molar-refractivity contribution is 6.33. The standard InChI is InChI=1S/C17H14ClN5/c1-23-8-7-20-17(23)15(13-5-3-2-4-6-13)22-16-14(18)9-12(10-19)11-21-16/h2-9,11,15H,1H3,(H,21,22)/t15-/m1/s1. The van der Waals surface area contributed by atoms with Gasteiger partial charge in [0.05, 0.1) is 10.6 Å². The Morgan fingerprint density at radius 2 is 2.04 bits per heavy atom. The third-order valence-corrected chi connectivity index (χ3v) is 3.79. The number of nitriles is 1. The lowest BCUT2D eigenvalue weighted by Gasteiger charge is -2.20. The molecule has 0 amide bonds. The first-order valence-electron chi connectivity index (χ1n) is 7.03. The van der Waals surface area contributed by atoms with E-state index in [0.717, 1.165) is 11.4 Å². The maximum Gasteiger partial charge on any atom is 0.145 e. The molecule has 0 saturated heterocycles. The molecule has 6 heteroatoms. The van der Waals surface area contributed by atoms with Gasteiger partial charge >= 0.3 is 0 Å². The molecule has 1 aromatic carbocycles. The lowest BCUT2D eigenvalue weighted by atomic mass is 10.1. The largest absolute Gasteiger partial charge is 0.355 e. The van der Waals surface area contributed by atoms with Gasteiger partial charge in [0, 0.05) is 25.6 Å². The second kappa shape index (κ2) is 6.51. The van der Waals surface area contributed by atoms with Crippen LogP contribution in [0.25, 0.3) is 0 Å².